The number of rotatable bonds is 13. The summed E-state index contributed by atoms with van der Waals surface area (Å²) >= 11 is 0. The van der Waals surface area contributed by atoms with E-state index in [1.165, 1.54) is 42.5 Å². The van der Waals surface area contributed by atoms with E-state index < -0.39 is 23.9 Å². The van der Waals surface area contributed by atoms with Crippen molar-refractivity contribution in [2.24, 2.45) is 0 Å². The maximum atomic E-state index is 12.9. The van der Waals surface area contributed by atoms with Gasteiger partial charge in [0.2, 0.25) is 11.8 Å². The fourth-order valence-corrected chi connectivity index (χ4v) is 3.75. The van der Waals surface area contributed by atoms with Gasteiger partial charge in [-0.2, -0.15) is 0 Å². The van der Waals surface area contributed by atoms with Crippen LogP contribution < -0.4 is 16.0 Å². The molecule has 41 heavy (non-hydrogen) atoms. The number of benzene rings is 3. The van der Waals surface area contributed by atoms with E-state index in [2.05, 4.69) is 16.0 Å². The fraction of sp³-hybridized carbons (Fsp3) is 0.233. The number of phenolic OH excluding ortho intramolecular Hbond substituents is 4. The number of carbonyl (C=O) groups is 3. The minimum atomic E-state index is -0.921. The predicted octanol–water partition coefficient (Wildman–Crippen LogP) is 3.07. The van der Waals surface area contributed by atoms with E-state index in [0.717, 1.165) is 5.56 Å². The molecule has 0 aromatic heterocycles. The highest BCUT2D eigenvalue weighted by Gasteiger charge is 2.19. The number of phenols is 4. The third-order valence-corrected chi connectivity index (χ3v) is 5.96. The molecule has 11 nitrogen and oxygen atoms in total. The molecule has 0 aliphatic carbocycles. The van der Waals surface area contributed by atoms with Crippen molar-refractivity contribution < 1.29 is 39.5 Å². The lowest BCUT2D eigenvalue weighted by Crippen LogP contribution is -2.47. The average Bonchev–Trinajstić information content (AvgIpc) is 2.96. The van der Waals surface area contributed by atoms with Crippen molar-refractivity contribution in [3.05, 3.63) is 89.5 Å². The molecule has 3 amide bonds. The van der Waals surface area contributed by atoms with Crippen molar-refractivity contribution in [3.8, 4) is 23.0 Å². The Labute approximate surface area is 237 Å². The Morgan fingerprint density at radius 1 is 0.780 bits per heavy atom. The summed E-state index contributed by atoms with van der Waals surface area (Å²) in [6.07, 6.45) is 2.97. The van der Waals surface area contributed by atoms with Crippen LogP contribution >= 0.6 is 0 Å². The first kappa shape index (κ1) is 30.4. The van der Waals surface area contributed by atoms with Gasteiger partial charge in [0.05, 0.1) is 0 Å². The summed E-state index contributed by atoms with van der Waals surface area (Å²) in [7, 11) is 0. The molecule has 0 aliphatic rings. The van der Waals surface area contributed by atoms with Crippen molar-refractivity contribution in [3.63, 3.8) is 0 Å². The number of ether oxygens (including phenoxy) is 1. The van der Waals surface area contributed by atoms with Crippen LogP contribution in [0, 0.1) is 0 Å². The Hall–Kier alpha value is -5.19. The van der Waals surface area contributed by atoms with Gasteiger partial charge in [-0.05, 0) is 66.3 Å². The number of alkyl carbamates (subject to hydrolysis) is 1. The molecule has 0 saturated heterocycles. The first-order valence-corrected chi connectivity index (χ1v) is 12.9. The van der Waals surface area contributed by atoms with E-state index in [1.807, 2.05) is 30.3 Å². The molecule has 0 saturated carbocycles. The Kier molecular flexibility index (Phi) is 11.4. The van der Waals surface area contributed by atoms with E-state index in [0.29, 0.717) is 24.0 Å². The first-order chi connectivity index (χ1) is 19.7. The number of nitrogens with one attached hydrogen (secondary N) is 3. The average molecular weight is 564 g/mol. The van der Waals surface area contributed by atoms with Crippen LogP contribution in [0.1, 0.15) is 29.5 Å². The van der Waals surface area contributed by atoms with Gasteiger partial charge in [-0.15, -0.1) is 0 Å². The van der Waals surface area contributed by atoms with Gasteiger partial charge in [-0.3, -0.25) is 9.59 Å². The standard InChI is InChI=1S/C30H33N3O8/c34-24-11-8-20(17-26(24)36)10-13-28(38)33-23(29(39)31-16-14-21-9-12-25(35)27(37)18-21)7-4-15-32-30(40)41-19-22-5-2-1-3-6-22/h1-3,5-6,8-13,17-18,23,34-37H,4,7,14-16,19H2,(H,31,39)(H,32,40)(H,33,38)/b13-10+/t23-/m0/s1. The van der Waals surface area contributed by atoms with Crippen LogP contribution in [0.2, 0.25) is 0 Å². The SMILES string of the molecule is O=C(/C=C/c1ccc(O)c(O)c1)N[C@@H](CCCNC(=O)OCc1ccccc1)C(=O)NCCc1ccc(O)c(O)c1. The molecule has 216 valence electrons. The molecule has 0 aliphatic heterocycles. The quantitative estimate of drug-likeness (QED) is 0.0942. The lowest BCUT2D eigenvalue weighted by Gasteiger charge is -2.18. The fourth-order valence-electron chi connectivity index (χ4n) is 3.75. The zero-order valence-corrected chi connectivity index (χ0v) is 22.2. The second-order valence-electron chi connectivity index (χ2n) is 9.14. The normalized spacial score (nSPS) is 11.5. The smallest absolute Gasteiger partial charge is 0.407 e. The van der Waals surface area contributed by atoms with E-state index in [4.69, 9.17) is 4.74 Å². The summed E-state index contributed by atoms with van der Waals surface area (Å²) in [5.41, 5.74) is 2.01. The molecular formula is C30H33N3O8. The van der Waals surface area contributed by atoms with Gasteiger partial charge in [0.15, 0.2) is 23.0 Å². The second-order valence-corrected chi connectivity index (χ2v) is 9.14. The van der Waals surface area contributed by atoms with Gasteiger partial charge in [0, 0.05) is 19.2 Å². The summed E-state index contributed by atoms with van der Waals surface area (Å²) in [6.45, 7) is 0.544. The van der Waals surface area contributed by atoms with E-state index in [-0.39, 0.29) is 49.1 Å². The molecule has 0 heterocycles. The molecular weight excluding hydrogens is 530 g/mol. The van der Waals surface area contributed by atoms with Gasteiger partial charge in [-0.1, -0.05) is 42.5 Å². The van der Waals surface area contributed by atoms with Crippen LogP contribution in [-0.2, 0) is 27.4 Å². The van der Waals surface area contributed by atoms with Crippen LogP contribution in [0.3, 0.4) is 0 Å². The van der Waals surface area contributed by atoms with E-state index in [1.54, 1.807) is 6.07 Å². The number of carbonyl (C=O) groups excluding carboxylic acids is 3. The van der Waals surface area contributed by atoms with Crippen molar-refractivity contribution >= 4 is 24.0 Å². The summed E-state index contributed by atoms with van der Waals surface area (Å²) < 4.78 is 5.17. The van der Waals surface area contributed by atoms with Gasteiger partial charge >= 0.3 is 6.09 Å². The molecule has 3 aromatic rings. The second kappa shape index (κ2) is 15.4. The molecule has 7 N–H and O–H groups in total. The lowest BCUT2D eigenvalue weighted by atomic mass is 10.1. The third kappa shape index (κ3) is 10.5. The number of hydrogen-bond acceptors (Lipinski definition) is 8. The predicted molar refractivity (Wildman–Crippen MR) is 151 cm³/mol. The van der Waals surface area contributed by atoms with Crippen molar-refractivity contribution in [2.75, 3.05) is 13.1 Å². The van der Waals surface area contributed by atoms with Gasteiger partial charge in [-0.25, -0.2) is 4.79 Å². The minimum absolute atomic E-state index is 0.123. The maximum absolute atomic E-state index is 12.9. The number of hydrogen-bond donors (Lipinski definition) is 7. The van der Waals surface area contributed by atoms with Crippen molar-refractivity contribution in [1.29, 1.82) is 0 Å². The van der Waals surface area contributed by atoms with Crippen molar-refractivity contribution in [2.45, 2.75) is 31.9 Å². The first-order valence-electron chi connectivity index (χ1n) is 12.9. The van der Waals surface area contributed by atoms with Gasteiger partial charge < -0.3 is 41.1 Å². The van der Waals surface area contributed by atoms with E-state index >= 15 is 0 Å². The molecule has 0 fully saturated rings. The number of aromatic hydroxyl groups is 4. The van der Waals surface area contributed by atoms with Gasteiger partial charge in [0.25, 0.3) is 0 Å². The minimum Gasteiger partial charge on any atom is -0.504 e. The molecule has 3 rings (SSSR count). The summed E-state index contributed by atoms with van der Waals surface area (Å²) in [6, 6.07) is 16.7. The monoisotopic (exact) mass is 563 g/mol. The van der Waals surface area contributed by atoms with Crippen LogP contribution in [0.25, 0.3) is 6.08 Å². The molecule has 0 radical (unpaired) electrons. The van der Waals surface area contributed by atoms with E-state index in [9.17, 15) is 34.8 Å². The lowest BCUT2D eigenvalue weighted by molar-refractivity contribution is -0.127. The summed E-state index contributed by atoms with van der Waals surface area (Å²) in [5, 5.41) is 46.2. The molecule has 3 aromatic carbocycles. The zero-order valence-electron chi connectivity index (χ0n) is 22.2. The van der Waals surface area contributed by atoms with Crippen LogP contribution in [-0.4, -0.2) is 57.5 Å². The molecule has 0 unspecified atom stereocenters. The highest BCUT2D eigenvalue weighted by Crippen LogP contribution is 2.26. The zero-order chi connectivity index (χ0) is 29.6. The molecule has 1 atom stereocenters. The highest BCUT2D eigenvalue weighted by molar-refractivity contribution is 5.95. The summed E-state index contributed by atoms with van der Waals surface area (Å²) in [5.74, 6) is -2.12. The Balaban J connectivity index is 1.52. The molecule has 0 bridgehead atoms. The molecule has 0 spiro atoms. The number of amides is 3. The van der Waals surface area contributed by atoms with Crippen LogP contribution in [0.15, 0.2) is 72.8 Å². The largest absolute Gasteiger partial charge is 0.504 e. The Bertz CT molecular complexity index is 1360. The van der Waals surface area contributed by atoms with Gasteiger partial charge in [0.1, 0.15) is 12.6 Å². The topological polar surface area (TPSA) is 177 Å². The Morgan fingerprint density at radius 2 is 1.49 bits per heavy atom. The summed E-state index contributed by atoms with van der Waals surface area (Å²) in [4.78, 5) is 37.5. The highest BCUT2D eigenvalue weighted by atomic mass is 16.5. The Morgan fingerprint density at radius 3 is 2.20 bits per heavy atom. The van der Waals surface area contributed by atoms with Crippen molar-refractivity contribution in [1.82, 2.24) is 16.0 Å². The maximum Gasteiger partial charge on any atom is 0.407 e. The molecule has 11 heteroatoms. The third-order valence-electron chi connectivity index (χ3n) is 5.96. The van der Waals surface area contributed by atoms with Crippen LogP contribution in [0.5, 0.6) is 23.0 Å². The van der Waals surface area contributed by atoms with Crippen LogP contribution in [0.4, 0.5) is 4.79 Å².